The summed E-state index contributed by atoms with van der Waals surface area (Å²) in [6, 6.07) is 9.08. The fraction of sp³-hybridized carbons (Fsp3) is 0.267. The van der Waals surface area contributed by atoms with Crippen LogP contribution >= 0.6 is 19.8 Å². The summed E-state index contributed by atoms with van der Waals surface area (Å²) < 4.78 is 16.9. The minimum atomic E-state index is -0.929. The number of thiophene rings is 1. The number of carboxylic acid groups (broad SMARTS) is 1. The summed E-state index contributed by atoms with van der Waals surface area (Å²) in [5, 5.41) is 10.0. The Morgan fingerprint density at radius 1 is 1.33 bits per heavy atom. The van der Waals surface area contributed by atoms with Gasteiger partial charge in [0.1, 0.15) is 4.88 Å². The molecule has 0 saturated carbocycles. The Morgan fingerprint density at radius 3 is 2.52 bits per heavy atom. The SMILES string of the molecule is CCOC(C)(P=O)c1ccc(-c2ccsc2C(=O)O)cc1. The van der Waals surface area contributed by atoms with Gasteiger partial charge in [-0.15, -0.1) is 11.3 Å². The van der Waals surface area contributed by atoms with Crippen molar-refractivity contribution in [2.45, 2.75) is 19.2 Å². The van der Waals surface area contributed by atoms with Crippen molar-refractivity contribution >= 4 is 25.8 Å². The van der Waals surface area contributed by atoms with Gasteiger partial charge in [0.15, 0.2) is 13.8 Å². The van der Waals surface area contributed by atoms with Crippen molar-refractivity contribution in [2.75, 3.05) is 6.61 Å². The van der Waals surface area contributed by atoms with Gasteiger partial charge in [0.05, 0.1) is 0 Å². The molecule has 0 amide bonds. The Hall–Kier alpha value is -1.55. The lowest BCUT2D eigenvalue weighted by atomic mass is 10.0. The number of carbonyl (C=O) groups is 1. The summed E-state index contributed by atoms with van der Waals surface area (Å²) in [5.41, 5.74) is 2.30. The zero-order valence-electron chi connectivity index (χ0n) is 11.7. The van der Waals surface area contributed by atoms with E-state index in [0.717, 1.165) is 11.1 Å². The first-order valence-electron chi connectivity index (χ1n) is 6.42. The van der Waals surface area contributed by atoms with E-state index in [0.29, 0.717) is 17.0 Å². The van der Waals surface area contributed by atoms with E-state index in [2.05, 4.69) is 0 Å². The number of rotatable bonds is 6. The van der Waals surface area contributed by atoms with Crippen molar-refractivity contribution in [3.05, 3.63) is 46.2 Å². The van der Waals surface area contributed by atoms with Gasteiger partial charge in [0.25, 0.3) is 0 Å². The number of hydrogen-bond acceptors (Lipinski definition) is 4. The monoisotopic (exact) mass is 322 g/mol. The third-order valence-electron chi connectivity index (χ3n) is 3.19. The molecule has 1 heterocycles. The lowest BCUT2D eigenvalue weighted by Gasteiger charge is -2.22. The maximum Gasteiger partial charge on any atom is 0.346 e. The summed E-state index contributed by atoms with van der Waals surface area (Å²) in [5.74, 6) is -0.929. The lowest BCUT2D eigenvalue weighted by molar-refractivity contribution is 0.0412. The van der Waals surface area contributed by atoms with Gasteiger partial charge >= 0.3 is 5.97 Å². The van der Waals surface area contributed by atoms with Crippen LogP contribution in [0.2, 0.25) is 0 Å². The fourth-order valence-corrected chi connectivity index (χ4v) is 3.29. The normalized spacial score (nSPS) is 14.0. The third kappa shape index (κ3) is 3.21. The van der Waals surface area contributed by atoms with E-state index in [1.54, 1.807) is 18.4 Å². The average molecular weight is 322 g/mol. The first-order valence-corrected chi connectivity index (χ1v) is 8.11. The molecule has 0 saturated heterocycles. The maximum atomic E-state index is 11.4. The maximum absolute atomic E-state index is 11.4. The molecule has 4 nitrogen and oxygen atoms in total. The predicted molar refractivity (Wildman–Crippen MR) is 83.3 cm³/mol. The van der Waals surface area contributed by atoms with Gasteiger partial charge in [-0.2, -0.15) is 0 Å². The molecule has 6 heteroatoms. The average Bonchev–Trinajstić information content (AvgIpc) is 2.97. The standard InChI is InChI=1S/C15H15O4PS/c1-3-19-15(2,20-18)11-6-4-10(5-7-11)12-8-9-21-13(12)14(16)17/h4-9H,3H2,1-2H3,(H,16,17). The second-order valence-electron chi connectivity index (χ2n) is 4.55. The molecular formula is C15H15O4PS. The molecule has 0 spiro atoms. The second kappa shape index (κ2) is 6.48. The highest BCUT2D eigenvalue weighted by molar-refractivity contribution is 7.25. The third-order valence-corrected chi connectivity index (χ3v) is 4.83. The molecule has 0 aliphatic rings. The van der Waals surface area contributed by atoms with E-state index < -0.39 is 11.3 Å². The van der Waals surface area contributed by atoms with Crippen molar-refractivity contribution in [1.82, 2.24) is 0 Å². The Morgan fingerprint density at radius 2 is 2.00 bits per heavy atom. The van der Waals surface area contributed by atoms with E-state index >= 15 is 0 Å². The molecule has 0 fully saturated rings. The molecule has 1 aromatic heterocycles. The van der Waals surface area contributed by atoms with Crippen LogP contribution in [0.3, 0.4) is 0 Å². The van der Waals surface area contributed by atoms with Gasteiger partial charge in [0.2, 0.25) is 0 Å². The highest BCUT2D eigenvalue weighted by atomic mass is 32.1. The predicted octanol–water partition coefficient (Wildman–Crippen LogP) is 4.61. The van der Waals surface area contributed by atoms with Gasteiger partial charge in [-0.05, 0) is 36.4 Å². The van der Waals surface area contributed by atoms with E-state index in [1.165, 1.54) is 11.3 Å². The van der Waals surface area contributed by atoms with Gasteiger partial charge in [-0.1, -0.05) is 24.3 Å². The zero-order valence-corrected chi connectivity index (χ0v) is 13.4. The smallest absolute Gasteiger partial charge is 0.346 e. The zero-order chi connectivity index (χ0) is 15.5. The Bertz CT molecular complexity index is 650. The van der Waals surface area contributed by atoms with Crippen molar-refractivity contribution in [3.8, 4) is 11.1 Å². The molecule has 0 bridgehead atoms. The minimum Gasteiger partial charge on any atom is -0.477 e. The molecule has 0 aliphatic heterocycles. The van der Waals surface area contributed by atoms with Crippen molar-refractivity contribution in [1.29, 1.82) is 0 Å². The van der Waals surface area contributed by atoms with Crippen LogP contribution in [0, 0.1) is 0 Å². The number of carboxylic acids is 1. The first-order chi connectivity index (χ1) is 10.0. The Balaban J connectivity index is 2.37. The highest BCUT2D eigenvalue weighted by Gasteiger charge is 2.28. The van der Waals surface area contributed by atoms with E-state index in [9.17, 15) is 9.36 Å². The molecule has 1 atom stereocenters. The number of ether oxygens (including phenoxy) is 1. The molecule has 1 unspecified atom stereocenters. The minimum absolute atomic E-state index is 0.109. The largest absolute Gasteiger partial charge is 0.477 e. The highest BCUT2D eigenvalue weighted by Crippen LogP contribution is 2.37. The molecule has 21 heavy (non-hydrogen) atoms. The number of hydrogen-bond donors (Lipinski definition) is 1. The number of aromatic carboxylic acids is 1. The van der Waals surface area contributed by atoms with Crippen LogP contribution in [-0.2, 0) is 14.6 Å². The molecule has 0 radical (unpaired) electrons. The van der Waals surface area contributed by atoms with Gasteiger partial charge < -0.3 is 9.84 Å². The van der Waals surface area contributed by atoms with Crippen LogP contribution in [0.15, 0.2) is 35.7 Å². The van der Waals surface area contributed by atoms with Crippen molar-refractivity contribution in [3.63, 3.8) is 0 Å². The van der Waals surface area contributed by atoms with Crippen molar-refractivity contribution < 1.29 is 19.2 Å². The summed E-state index contributed by atoms with van der Waals surface area (Å²) in [7, 11) is -0.109. The molecule has 2 aromatic rings. The topological polar surface area (TPSA) is 63.6 Å². The first kappa shape index (κ1) is 15.8. The van der Waals surface area contributed by atoms with E-state index in [1.807, 2.05) is 31.2 Å². The summed E-state index contributed by atoms with van der Waals surface area (Å²) in [6.45, 7) is 4.07. The number of benzene rings is 1. The summed E-state index contributed by atoms with van der Waals surface area (Å²) in [4.78, 5) is 11.5. The van der Waals surface area contributed by atoms with Crippen LogP contribution in [0.5, 0.6) is 0 Å². The summed E-state index contributed by atoms with van der Waals surface area (Å²) in [6.07, 6.45) is 0. The quantitative estimate of drug-likeness (QED) is 0.789. The molecule has 0 aliphatic carbocycles. The molecule has 1 aromatic carbocycles. The Labute approximate surface area is 128 Å². The van der Waals surface area contributed by atoms with Crippen molar-refractivity contribution in [2.24, 2.45) is 0 Å². The second-order valence-corrected chi connectivity index (χ2v) is 6.51. The fourth-order valence-electron chi connectivity index (χ4n) is 2.10. The molecular weight excluding hydrogens is 307 g/mol. The van der Waals surface area contributed by atoms with Crippen LogP contribution in [0.4, 0.5) is 0 Å². The molecule has 110 valence electrons. The van der Waals surface area contributed by atoms with Gasteiger partial charge in [-0.25, -0.2) is 4.79 Å². The van der Waals surface area contributed by atoms with Crippen LogP contribution < -0.4 is 0 Å². The lowest BCUT2D eigenvalue weighted by Crippen LogP contribution is -2.18. The van der Waals surface area contributed by atoms with E-state index in [4.69, 9.17) is 9.84 Å². The summed E-state index contributed by atoms with van der Waals surface area (Å²) >= 11 is 1.20. The van der Waals surface area contributed by atoms with Gasteiger partial charge in [-0.3, -0.25) is 4.57 Å². The molecule has 2 rings (SSSR count). The van der Waals surface area contributed by atoms with Crippen LogP contribution in [0.1, 0.15) is 29.1 Å². The Kier molecular flexibility index (Phi) is 4.88. The van der Waals surface area contributed by atoms with Crippen LogP contribution in [-0.4, -0.2) is 17.7 Å². The molecule has 1 N–H and O–H groups in total. The van der Waals surface area contributed by atoms with E-state index in [-0.39, 0.29) is 8.46 Å². The van der Waals surface area contributed by atoms with Crippen LogP contribution in [0.25, 0.3) is 11.1 Å². The van der Waals surface area contributed by atoms with Gasteiger partial charge in [0, 0.05) is 12.2 Å².